The maximum atomic E-state index is 13.2. The number of morpholine rings is 1. The lowest BCUT2D eigenvalue weighted by Gasteiger charge is -2.36. The summed E-state index contributed by atoms with van der Waals surface area (Å²) < 4.78 is 11.2. The Morgan fingerprint density at radius 1 is 1.23 bits per heavy atom. The molecular weight excluding hydrogens is 400 g/mol. The van der Waals surface area contributed by atoms with Crippen LogP contribution in [0.5, 0.6) is 5.75 Å². The molecule has 2 aromatic rings. The van der Waals surface area contributed by atoms with Gasteiger partial charge in [0.1, 0.15) is 5.75 Å². The van der Waals surface area contributed by atoms with E-state index in [1.165, 1.54) is 12.8 Å². The summed E-state index contributed by atoms with van der Waals surface area (Å²) in [4.78, 5) is 30.7. The van der Waals surface area contributed by atoms with Gasteiger partial charge in [0.05, 0.1) is 26.2 Å². The molecule has 2 fully saturated rings. The molecule has 1 saturated carbocycles. The van der Waals surface area contributed by atoms with Crippen LogP contribution in [0, 0.1) is 5.92 Å². The summed E-state index contributed by atoms with van der Waals surface area (Å²) in [6.07, 6.45) is 2.59. The number of nitrogens with zero attached hydrogens (tertiary/aromatic N) is 2. The van der Waals surface area contributed by atoms with Gasteiger partial charge in [-0.15, -0.1) is 11.3 Å². The molecule has 2 heterocycles. The summed E-state index contributed by atoms with van der Waals surface area (Å²) in [5.41, 5.74) is 0.622. The third-order valence-electron chi connectivity index (χ3n) is 5.60. The fourth-order valence-electron chi connectivity index (χ4n) is 3.77. The molecule has 2 aliphatic rings. The van der Waals surface area contributed by atoms with Gasteiger partial charge >= 0.3 is 0 Å². The highest BCUT2D eigenvalue weighted by Gasteiger charge is 2.31. The number of ether oxygens (including phenoxy) is 2. The predicted molar refractivity (Wildman–Crippen MR) is 116 cm³/mol. The minimum atomic E-state index is -0.167. The Kier molecular flexibility index (Phi) is 6.69. The van der Waals surface area contributed by atoms with E-state index >= 15 is 0 Å². The maximum absolute atomic E-state index is 13.2. The lowest BCUT2D eigenvalue weighted by atomic mass is 10.1. The van der Waals surface area contributed by atoms with Crippen molar-refractivity contribution in [3.8, 4) is 5.75 Å². The second-order valence-corrected chi connectivity index (χ2v) is 9.01. The smallest absolute Gasteiger partial charge is 0.254 e. The zero-order valence-corrected chi connectivity index (χ0v) is 18.1. The highest BCUT2D eigenvalue weighted by molar-refractivity contribution is 7.10. The van der Waals surface area contributed by atoms with Crippen LogP contribution in [-0.4, -0.2) is 67.6 Å². The number of carbonyl (C=O) groups is 2. The molecule has 1 atom stereocenters. The molecule has 1 aromatic heterocycles. The van der Waals surface area contributed by atoms with Crippen molar-refractivity contribution >= 4 is 23.2 Å². The lowest BCUT2D eigenvalue weighted by Crippen LogP contribution is -2.51. The normalized spacial score (nSPS) is 18.8. The first-order valence-electron chi connectivity index (χ1n) is 10.5. The van der Waals surface area contributed by atoms with E-state index in [-0.39, 0.29) is 17.9 Å². The minimum Gasteiger partial charge on any atom is -0.497 e. The van der Waals surface area contributed by atoms with Gasteiger partial charge in [0, 0.05) is 36.6 Å². The number of carbonyl (C=O) groups excluding carboxylic acids is 2. The Bertz CT molecular complexity index is 866. The molecule has 160 valence electrons. The van der Waals surface area contributed by atoms with Gasteiger partial charge in [-0.25, -0.2) is 0 Å². The molecule has 4 rings (SSSR count). The van der Waals surface area contributed by atoms with Crippen LogP contribution in [0.15, 0.2) is 41.8 Å². The van der Waals surface area contributed by atoms with Gasteiger partial charge in [0.25, 0.3) is 5.91 Å². The van der Waals surface area contributed by atoms with Gasteiger partial charge < -0.3 is 19.3 Å². The minimum absolute atomic E-state index is 0.00793. The summed E-state index contributed by atoms with van der Waals surface area (Å²) in [5.74, 6) is 1.36. The lowest BCUT2D eigenvalue weighted by molar-refractivity contribution is -0.138. The number of benzene rings is 1. The SMILES string of the molecule is COc1cccc(C(=O)N(CC2CC2)CC2CN(C(=O)Cc3cccs3)CCO2)c1. The fourth-order valence-corrected chi connectivity index (χ4v) is 4.46. The van der Waals surface area contributed by atoms with Gasteiger partial charge in [0.15, 0.2) is 0 Å². The number of hydrogen-bond donors (Lipinski definition) is 0. The van der Waals surface area contributed by atoms with Gasteiger partial charge in [-0.2, -0.15) is 0 Å². The Morgan fingerprint density at radius 3 is 2.83 bits per heavy atom. The summed E-state index contributed by atoms with van der Waals surface area (Å²) in [6, 6.07) is 11.2. The van der Waals surface area contributed by atoms with Crippen LogP contribution in [0.4, 0.5) is 0 Å². The van der Waals surface area contributed by atoms with Crippen molar-refractivity contribution < 1.29 is 19.1 Å². The second kappa shape index (κ2) is 9.62. The van der Waals surface area contributed by atoms with E-state index in [0.717, 1.165) is 11.4 Å². The molecule has 1 aromatic carbocycles. The Morgan fingerprint density at radius 2 is 2.10 bits per heavy atom. The second-order valence-electron chi connectivity index (χ2n) is 7.97. The molecule has 1 aliphatic heterocycles. The summed E-state index contributed by atoms with van der Waals surface area (Å²) in [6.45, 7) is 2.86. The Hall–Kier alpha value is -2.38. The molecule has 1 saturated heterocycles. The van der Waals surface area contributed by atoms with Crippen molar-refractivity contribution in [2.75, 3.05) is 39.9 Å². The zero-order valence-electron chi connectivity index (χ0n) is 17.3. The summed E-state index contributed by atoms with van der Waals surface area (Å²) >= 11 is 1.60. The average Bonchev–Trinajstić information content (AvgIpc) is 3.45. The molecule has 1 aliphatic carbocycles. The van der Waals surface area contributed by atoms with Crippen LogP contribution in [0.1, 0.15) is 28.1 Å². The molecular formula is C23H28N2O4S. The molecule has 6 nitrogen and oxygen atoms in total. The quantitative estimate of drug-likeness (QED) is 0.648. The van der Waals surface area contributed by atoms with Gasteiger partial charge in [-0.05, 0) is 48.4 Å². The standard InChI is InChI=1S/C23H28N2O4S/c1-28-19-5-2-4-18(12-19)23(27)25(14-17-7-8-17)16-20-15-24(9-10-29-20)22(26)13-21-6-3-11-30-21/h2-6,11-12,17,20H,7-10,13-16H2,1H3. The van der Waals surface area contributed by atoms with Crippen molar-refractivity contribution in [1.82, 2.24) is 9.80 Å². The largest absolute Gasteiger partial charge is 0.497 e. The molecule has 2 amide bonds. The molecule has 0 spiro atoms. The average molecular weight is 429 g/mol. The molecule has 7 heteroatoms. The molecule has 1 unspecified atom stereocenters. The van der Waals surface area contributed by atoms with Crippen LogP contribution in [0.25, 0.3) is 0 Å². The number of thiophene rings is 1. The first-order valence-corrected chi connectivity index (χ1v) is 11.4. The molecule has 0 N–H and O–H groups in total. The van der Waals surface area contributed by atoms with E-state index in [4.69, 9.17) is 9.47 Å². The fraction of sp³-hybridized carbons (Fsp3) is 0.478. The van der Waals surface area contributed by atoms with E-state index in [0.29, 0.717) is 49.9 Å². The highest BCUT2D eigenvalue weighted by atomic mass is 32.1. The van der Waals surface area contributed by atoms with Gasteiger partial charge in [-0.1, -0.05) is 12.1 Å². The van der Waals surface area contributed by atoms with Crippen LogP contribution in [0.2, 0.25) is 0 Å². The number of methoxy groups -OCH3 is 1. The maximum Gasteiger partial charge on any atom is 0.254 e. The van der Waals surface area contributed by atoms with Crippen molar-refractivity contribution in [3.63, 3.8) is 0 Å². The van der Waals surface area contributed by atoms with E-state index in [1.807, 2.05) is 45.5 Å². The first-order chi connectivity index (χ1) is 14.6. The summed E-state index contributed by atoms with van der Waals surface area (Å²) in [5, 5.41) is 1.99. The Labute approximate surface area is 181 Å². The van der Waals surface area contributed by atoms with Gasteiger partial charge in [-0.3, -0.25) is 9.59 Å². The van der Waals surface area contributed by atoms with Crippen molar-refractivity contribution in [3.05, 3.63) is 52.2 Å². The predicted octanol–water partition coefficient (Wildman–Crippen LogP) is 3.08. The number of rotatable bonds is 8. The topological polar surface area (TPSA) is 59.1 Å². The molecule has 0 bridgehead atoms. The molecule has 30 heavy (non-hydrogen) atoms. The molecule has 0 radical (unpaired) electrons. The van der Waals surface area contributed by atoms with Crippen molar-refractivity contribution in [2.24, 2.45) is 5.92 Å². The van der Waals surface area contributed by atoms with Crippen LogP contribution >= 0.6 is 11.3 Å². The first kappa shape index (κ1) is 20.9. The monoisotopic (exact) mass is 428 g/mol. The van der Waals surface area contributed by atoms with Crippen LogP contribution < -0.4 is 4.74 Å². The zero-order chi connectivity index (χ0) is 20.9. The number of amides is 2. The van der Waals surface area contributed by atoms with E-state index < -0.39 is 0 Å². The van der Waals surface area contributed by atoms with E-state index in [2.05, 4.69) is 0 Å². The highest BCUT2D eigenvalue weighted by Crippen LogP contribution is 2.30. The van der Waals surface area contributed by atoms with E-state index in [9.17, 15) is 9.59 Å². The summed E-state index contributed by atoms with van der Waals surface area (Å²) in [7, 11) is 1.60. The van der Waals surface area contributed by atoms with Crippen molar-refractivity contribution in [1.29, 1.82) is 0 Å². The van der Waals surface area contributed by atoms with Crippen molar-refractivity contribution in [2.45, 2.75) is 25.4 Å². The third kappa shape index (κ3) is 5.40. The third-order valence-corrected chi connectivity index (χ3v) is 6.48. The van der Waals surface area contributed by atoms with Crippen LogP contribution in [0.3, 0.4) is 0 Å². The Balaban J connectivity index is 1.40. The number of hydrogen-bond acceptors (Lipinski definition) is 5. The van der Waals surface area contributed by atoms with Crippen LogP contribution in [-0.2, 0) is 16.0 Å². The van der Waals surface area contributed by atoms with Gasteiger partial charge in [0.2, 0.25) is 5.91 Å². The van der Waals surface area contributed by atoms with E-state index in [1.54, 1.807) is 24.5 Å².